The van der Waals surface area contributed by atoms with Gasteiger partial charge >= 0.3 is 0 Å². The molecule has 1 atom stereocenters. The van der Waals surface area contributed by atoms with Crippen LogP contribution in [-0.2, 0) is 11.2 Å². The molecule has 3 nitrogen and oxygen atoms in total. The summed E-state index contributed by atoms with van der Waals surface area (Å²) < 4.78 is 0. The second-order valence-electron chi connectivity index (χ2n) is 4.63. The lowest BCUT2D eigenvalue weighted by atomic mass is 10.2. The third kappa shape index (κ3) is 2.75. The number of thiophene rings is 1. The molecule has 92 valence electrons. The van der Waals surface area contributed by atoms with Gasteiger partial charge in [-0.3, -0.25) is 9.59 Å². The van der Waals surface area contributed by atoms with E-state index < -0.39 is 0 Å². The van der Waals surface area contributed by atoms with E-state index in [-0.39, 0.29) is 18.2 Å². The van der Waals surface area contributed by atoms with Crippen LogP contribution in [0.25, 0.3) is 0 Å². The van der Waals surface area contributed by atoms with E-state index in [9.17, 15) is 9.59 Å². The Morgan fingerprint density at radius 3 is 2.82 bits per heavy atom. The van der Waals surface area contributed by atoms with Crippen molar-refractivity contribution in [2.75, 3.05) is 13.1 Å². The number of hydrogen-bond acceptors (Lipinski definition) is 3. The summed E-state index contributed by atoms with van der Waals surface area (Å²) in [5.41, 5.74) is 0. The Morgan fingerprint density at radius 1 is 1.53 bits per heavy atom. The second-order valence-corrected chi connectivity index (χ2v) is 5.79. The molecule has 0 spiro atoms. The zero-order valence-corrected chi connectivity index (χ0v) is 11.0. The summed E-state index contributed by atoms with van der Waals surface area (Å²) in [5.74, 6) is 0.556. The highest BCUT2D eigenvalue weighted by atomic mass is 32.1. The van der Waals surface area contributed by atoms with Gasteiger partial charge < -0.3 is 4.90 Å². The number of nitrogens with zero attached hydrogens (tertiary/aromatic N) is 1. The number of amides is 1. The summed E-state index contributed by atoms with van der Waals surface area (Å²) >= 11 is 1.54. The van der Waals surface area contributed by atoms with Gasteiger partial charge in [0.2, 0.25) is 5.91 Å². The van der Waals surface area contributed by atoms with E-state index in [0.717, 1.165) is 17.8 Å². The van der Waals surface area contributed by atoms with Crippen LogP contribution < -0.4 is 0 Å². The molecule has 1 fully saturated rings. The van der Waals surface area contributed by atoms with Crippen molar-refractivity contribution in [1.29, 1.82) is 0 Å². The molecule has 0 N–H and O–H groups in total. The van der Waals surface area contributed by atoms with Gasteiger partial charge in [-0.2, -0.15) is 0 Å². The molecular formula is C13H17NO2S. The van der Waals surface area contributed by atoms with Crippen LogP contribution in [0.5, 0.6) is 0 Å². The van der Waals surface area contributed by atoms with E-state index in [2.05, 4.69) is 6.92 Å². The molecule has 0 aromatic carbocycles. The number of hydrogen-bond donors (Lipinski definition) is 0. The average molecular weight is 251 g/mol. The van der Waals surface area contributed by atoms with Crippen LogP contribution in [0.2, 0.25) is 0 Å². The van der Waals surface area contributed by atoms with Crippen LogP contribution >= 0.6 is 11.3 Å². The fourth-order valence-corrected chi connectivity index (χ4v) is 2.97. The smallest absolute Gasteiger partial charge is 0.223 e. The fraction of sp³-hybridized carbons (Fsp3) is 0.538. The number of ketones is 1. The van der Waals surface area contributed by atoms with E-state index in [1.54, 1.807) is 4.90 Å². The Hall–Kier alpha value is -1.16. The van der Waals surface area contributed by atoms with Gasteiger partial charge in [-0.15, -0.1) is 11.3 Å². The van der Waals surface area contributed by atoms with Crippen molar-refractivity contribution in [3.05, 3.63) is 21.9 Å². The van der Waals surface area contributed by atoms with Crippen LogP contribution in [0.3, 0.4) is 0 Å². The summed E-state index contributed by atoms with van der Waals surface area (Å²) in [5, 5.41) is 0. The third-order valence-corrected chi connectivity index (χ3v) is 4.30. The van der Waals surface area contributed by atoms with E-state index in [1.807, 2.05) is 19.1 Å². The summed E-state index contributed by atoms with van der Waals surface area (Å²) in [6.45, 7) is 5.08. The summed E-state index contributed by atoms with van der Waals surface area (Å²) in [7, 11) is 0. The first-order valence-electron chi connectivity index (χ1n) is 5.99. The van der Waals surface area contributed by atoms with Gasteiger partial charge in [0.25, 0.3) is 0 Å². The molecule has 0 radical (unpaired) electrons. The predicted octanol–water partition coefficient (Wildman–Crippen LogP) is 2.36. The number of Topliss-reactive ketones (excluding diaryl/α,β-unsaturated/α-hetero) is 1. The van der Waals surface area contributed by atoms with Gasteiger partial charge in [-0.05, 0) is 24.5 Å². The van der Waals surface area contributed by atoms with Crippen molar-refractivity contribution in [2.45, 2.75) is 26.7 Å². The Kier molecular flexibility index (Phi) is 3.62. The minimum atomic E-state index is 0.0668. The number of likely N-dealkylation sites (tertiary alicyclic amines) is 1. The maximum Gasteiger partial charge on any atom is 0.223 e. The van der Waals surface area contributed by atoms with Crippen molar-refractivity contribution in [3.8, 4) is 0 Å². The van der Waals surface area contributed by atoms with Crippen molar-refractivity contribution in [1.82, 2.24) is 4.90 Å². The molecule has 4 heteroatoms. The molecule has 2 rings (SSSR count). The van der Waals surface area contributed by atoms with Gasteiger partial charge in [-0.1, -0.05) is 13.8 Å². The van der Waals surface area contributed by atoms with Crippen LogP contribution in [0.15, 0.2) is 12.1 Å². The lowest BCUT2D eigenvalue weighted by Crippen LogP contribution is -2.30. The molecule has 17 heavy (non-hydrogen) atoms. The fourth-order valence-electron chi connectivity index (χ4n) is 2.09. The first-order chi connectivity index (χ1) is 8.10. The monoisotopic (exact) mass is 251 g/mol. The topological polar surface area (TPSA) is 37.4 Å². The van der Waals surface area contributed by atoms with Gasteiger partial charge in [-0.25, -0.2) is 0 Å². The maximum atomic E-state index is 12.0. The van der Waals surface area contributed by atoms with E-state index in [0.29, 0.717) is 12.3 Å². The Bertz CT molecular complexity index is 438. The molecule has 1 aliphatic rings. The molecule has 1 unspecified atom stereocenters. The van der Waals surface area contributed by atoms with E-state index in [1.165, 1.54) is 16.2 Å². The van der Waals surface area contributed by atoms with Gasteiger partial charge in [0.1, 0.15) is 0 Å². The van der Waals surface area contributed by atoms with E-state index in [4.69, 9.17) is 0 Å². The summed E-state index contributed by atoms with van der Waals surface area (Å²) in [4.78, 5) is 27.3. The van der Waals surface area contributed by atoms with E-state index >= 15 is 0 Å². The maximum absolute atomic E-state index is 12.0. The highest BCUT2D eigenvalue weighted by Gasteiger charge is 2.28. The largest absolute Gasteiger partial charge is 0.335 e. The molecule has 1 aromatic heterocycles. The highest BCUT2D eigenvalue weighted by molar-refractivity contribution is 7.14. The lowest BCUT2D eigenvalue weighted by Gasteiger charge is -2.14. The minimum Gasteiger partial charge on any atom is -0.335 e. The Labute approximate surface area is 105 Å². The SMILES string of the molecule is CCc1ccc(C(=O)CN2CC(C)CC2=O)s1. The van der Waals surface area contributed by atoms with Crippen molar-refractivity contribution in [2.24, 2.45) is 5.92 Å². The first kappa shape index (κ1) is 12.3. The molecular weight excluding hydrogens is 234 g/mol. The second kappa shape index (κ2) is 5.00. The number of carbonyl (C=O) groups is 2. The first-order valence-corrected chi connectivity index (χ1v) is 6.81. The van der Waals surface area contributed by atoms with Gasteiger partial charge in [0, 0.05) is 17.8 Å². The molecule has 0 saturated carbocycles. The van der Waals surface area contributed by atoms with Gasteiger partial charge in [0.15, 0.2) is 5.78 Å². The molecule has 1 aromatic rings. The molecule has 2 heterocycles. The standard InChI is InChI=1S/C13H17NO2S/c1-3-10-4-5-12(17-10)11(15)8-14-7-9(2)6-13(14)16/h4-5,9H,3,6-8H2,1-2H3. The highest BCUT2D eigenvalue weighted by Crippen LogP contribution is 2.20. The molecule has 0 aliphatic carbocycles. The summed E-state index contributed by atoms with van der Waals surface area (Å²) in [6, 6.07) is 3.86. The molecule has 1 saturated heterocycles. The number of rotatable bonds is 4. The molecule has 1 aliphatic heterocycles. The van der Waals surface area contributed by atoms with Crippen LogP contribution in [0, 0.1) is 5.92 Å². The zero-order chi connectivity index (χ0) is 12.4. The van der Waals surface area contributed by atoms with Gasteiger partial charge in [0.05, 0.1) is 11.4 Å². The Balaban J connectivity index is 1.99. The lowest BCUT2D eigenvalue weighted by molar-refractivity contribution is -0.127. The summed E-state index contributed by atoms with van der Waals surface area (Å²) in [6.07, 6.45) is 1.54. The molecule has 0 bridgehead atoms. The molecule has 1 amide bonds. The van der Waals surface area contributed by atoms with Crippen LogP contribution in [0.1, 0.15) is 34.8 Å². The Morgan fingerprint density at radius 2 is 2.29 bits per heavy atom. The third-order valence-electron chi connectivity index (χ3n) is 3.03. The minimum absolute atomic E-state index is 0.0668. The zero-order valence-electron chi connectivity index (χ0n) is 10.2. The van der Waals surface area contributed by atoms with Crippen molar-refractivity contribution < 1.29 is 9.59 Å². The number of aryl methyl sites for hydroxylation is 1. The number of carbonyl (C=O) groups excluding carboxylic acids is 2. The van der Waals surface area contributed by atoms with Crippen molar-refractivity contribution >= 4 is 23.0 Å². The van der Waals surface area contributed by atoms with Crippen LogP contribution in [0.4, 0.5) is 0 Å². The normalized spacial score (nSPS) is 20.0. The van der Waals surface area contributed by atoms with Crippen molar-refractivity contribution in [3.63, 3.8) is 0 Å². The predicted molar refractivity (Wildman–Crippen MR) is 68.4 cm³/mol. The van der Waals surface area contributed by atoms with Crippen LogP contribution in [-0.4, -0.2) is 29.7 Å². The quantitative estimate of drug-likeness (QED) is 0.770. The average Bonchev–Trinajstić information content (AvgIpc) is 2.86.